The van der Waals surface area contributed by atoms with Gasteiger partial charge in [-0.05, 0) is 31.5 Å². The molecule has 13 heteroatoms. The van der Waals surface area contributed by atoms with E-state index in [2.05, 4.69) is 20.3 Å². The summed E-state index contributed by atoms with van der Waals surface area (Å²) in [6.45, 7) is 3.45. The Kier molecular flexibility index (Phi) is 5.99. The summed E-state index contributed by atoms with van der Waals surface area (Å²) < 4.78 is 47.1. The van der Waals surface area contributed by atoms with Gasteiger partial charge in [-0.2, -0.15) is 18.2 Å². The van der Waals surface area contributed by atoms with Gasteiger partial charge in [0.15, 0.2) is 6.23 Å². The zero-order chi connectivity index (χ0) is 26.5. The molecule has 2 bridgehead atoms. The maximum absolute atomic E-state index is 13.3. The van der Waals surface area contributed by atoms with E-state index in [1.807, 2.05) is 0 Å². The summed E-state index contributed by atoms with van der Waals surface area (Å²) in [5.74, 6) is -0.619. The van der Waals surface area contributed by atoms with Gasteiger partial charge in [0.05, 0.1) is 6.54 Å². The van der Waals surface area contributed by atoms with Crippen molar-refractivity contribution in [2.24, 2.45) is 0 Å². The van der Waals surface area contributed by atoms with Crippen LogP contribution in [0.25, 0.3) is 0 Å². The number of nitrogens with zero attached hydrogens (tertiary/aromatic N) is 5. The second-order valence-electron chi connectivity index (χ2n) is 9.01. The largest absolute Gasteiger partial charge is 0.433 e. The van der Waals surface area contributed by atoms with E-state index in [9.17, 15) is 27.9 Å². The van der Waals surface area contributed by atoms with Gasteiger partial charge in [-0.1, -0.05) is 25.1 Å². The number of ether oxygens (including phenoxy) is 1. The number of aryl methyl sites for hydroxylation is 1. The van der Waals surface area contributed by atoms with E-state index in [-0.39, 0.29) is 18.3 Å². The molecule has 0 saturated carbocycles. The Morgan fingerprint density at radius 2 is 1.97 bits per heavy atom. The van der Waals surface area contributed by atoms with Crippen molar-refractivity contribution in [2.45, 2.75) is 50.4 Å². The molecule has 1 aromatic carbocycles. The fourth-order valence-corrected chi connectivity index (χ4v) is 4.81. The van der Waals surface area contributed by atoms with Gasteiger partial charge in [-0.3, -0.25) is 9.36 Å². The van der Waals surface area contributed by atoms with Crippen molar-refractivity contribution in [2.75, 3.05) is 16.8 Å². The van der Waals surface area contributed by atoms with Crippen molar-refractivity contribution in [3.05, 3.63) is 76.1 Å². The molecule has 2 aromatic heterocycles. The van der Waals surface area contributed by atoms with Crippen LogP contribution in [0.3, 0.4) is 0 Å². The maximum Gasteiger partial charge on any atom is 0.433 e. The van der Waals surface area contributed by atoms with Gasteiger partial charge < -0.3 is 20.1 Å². The summed E-state index contributed by atoms with van der Waals surface area (Å²) >= 11 is 0. The molecule has 4 atom stereocenters. The number of benzene rings is 1. The van der Waals surface area contributed by atoms with Gasteiger partial charge in [0.1, 0.15) is 29.3 Å². The maximum atomic E-state index is 13.3. The van der Waals surface area contributed by atoms with Gasteiger partial charge in [-0.25, -0.2) is 14.8 Å². The van der Waals surface area contributed by atoms with Crippen LogP contribution >= 0.6 is 0 Å². The number of anilines is 2. The molecule has 4 heterocycles. The number of alkyl halides is 3. The van der Waals surface area contributed by atoms with Crippen LogP contribution in [0.1, 0.15) is 41.2 Å². The highest BCUT2D eigenvalue weighted by molar-refractivity contribution is 6.04. The average Bonchev–Trinajstić information content (AvgIpc) is 3.33. The molecule has 5 rings (SSSR count). The summed E-state index contributed by atoms with van der Waals surface area (Å²) in [4.78, 5) is 38.7. The molecule has 10 nitrogen and oxygen atoms in total. The standard InChI is InChI=1S/C24H23F3N6O4/c1-3-23-12-33(21-28-10-9-15(29-21)24(25,26)27)16(17(23)34)20(37-23)32-11-13(2)18(31-22(32)36)30-19(35)14-7-5-4-6-8-14/h4-11,16-17,20,34H,3,12H2,1-2H3,(H,30,31,35,36)/t16-,17+,20-,23+/m1/s1. The quantitative estimate of drug-likeness (QED) is 0.531. The van der Waals surface area contributed by atoms with E-state index >= 15 is 0 Å². The molecule has 0 radical (unpaired) electrons. The number of morpholine rings is 1. The van der Waals surface area contributed by atoms with Crippen LogP contribution in [0.15, 0.2) is 53.6 Å². The smallest absolute Gasteiger partial charge is 0.388 e. The Morgan fingerprint density at radius 3 is 2.62 bits per heavy atom. The Hall–Kier alpha value is -3.84. The van der Waals surface area contributed by atoms with Crippen LogP contribution in [0.2, 0.25) is 0 Å². The molecule has 0 spiro atoms. The van der Waals surface area contributed by atoms with Crippen LogP contribution in [0.4, 0.5) is 24.9 Å². The molecular formula is C24H23F3N6O4. The Morgan fingerprint density at radius 1 is 1.24 bits per heavy atom. The second kappa shape index (κ2) is 8.92. The number of aliphatic hydroxyl groups is 1. The number of fused-ring (bicyclic) bond motifs is 2. The van der Waals surface area contributed by atoms with Gasteiger partial charge in [0.25, 0.3) is 5.91 Å². The van der Waals surface area contributed by atoms with Crippen LogP contribution in [-0.2, 0) is 10.9 Å². The van der Waals surface area contributed by atoms with Gasteiger partial charge in [-0.15, -0.1) is 0 Å². The number of carbonyl (C=O) groups excluding carboxylic acids is 1. The summed E-state index contributed by atoms with van der Waals surface area (Å²) in [5, 5.41) is 13.7. The lowest BCUT2D eigenvalue weighted by Gasteiger charge is -2.37. The van der Waals surface area contributed by atoms with E-state index in [0.29, 0.717) is 17.5 Å². The number of nitrogens with one attached hydrogen (secondary N) is 1. The molecule has 0 unspecified atom stereocenters. The third kappa shape index (κ3) is 4.23. The molecule has 2 saturated heterocycles. The molecular weight excluding hydrogens is 493 g/mol. The minimum atomic E-state index is -4.68. The first kappa shape index (κ1) is 24.8. The lowest BCUT2D eigenvalue weighted by molar-refractivity contribution is -0.141. The Balaban J connectivity index is 1.48. The van der Waals surface area contributed by atoms with E-state index < -0.39 is 47.4 Å². The zero-order valence-corrected chi connectivity index (χ0v) is 19.8. The predicted molar refractivity (Wildman–Crippen MR) is 125 cm³/mol. The minimum Gasteiger partial charge on any atom is -0.388 e. The average molecular weight is 516 g/mol. The van der Waals surface area contributed by atoms with Gasteiger partial charge >= 0.3 is 11.9 Å². The Labute approximate surface area is 208 Å². The number of halogens is 3. The van der Waals surface area contributed by atoms with Crippen LogP contribution in [-0.4, -0.2) is 54.8 Å². The van der Waals surface area contributed by atoms with Crippen LogP contribution < -0.4 is 15.9 Å². The predicted octanol–water partition coefficient (Wildman–Crippen LogP) is 2.54. The number of rotatable bonds is 5. The number of hydrogen-bond acceptors (Lipinski definition) is 8. The third-order valence-corrected chi connectivity index (χ3v) is 6.77. The van der Waals surface area contributed by atoms with Crippen LogP contribution in [0, 0.1) is 6.92 Å². The molecule has 2 aliphatic heterocycles. The zero-order valence-electron chi connectivity index (χ0n) is 19.8. The minimum absolute atomic E-state index is 0.0412. The molecule has 37 heavy (non-hydrogen) atoms. The lowest BCUT2D eigenvalue weighted by Crippen LogP contribution is -2.48. The van der Waals surface area contributed by atoms with Crippen molar-refractivity contribution in [3.63, 3.8) is 0 Å². The van der Waals surface area contributed by atoms with Crippen molar-refractivity contribution in [3.8, 4) is 0 Å². The molecule has 194 valence electrons. The molecule has 1 amide bonds. The first-order valence-electron chi connectivity index (χ1n) is 11.5. The van der Waals surface area contributed by atoms with E-state index in [0.717, 1.165) is 12.3 Å². The normalized spacial score (nSPS) is 24.9. The van der Waals surface area contributed by atoms with Crippen molar-refractivity contribution < 1.29 is 27.8 Å². The number of hydrogen-bond donors (Lipinski definition) is 2. The highest BCUT2D eigenvalue weighted by atomic mass is 19.4. The Bertz CT molecular complexity index is 1400. The van der Waals surface area contributed by atoms with E-state index in [1.54, 1.807) is 44.2 Å². The van der Waals surface area contributed by atoms with E-state index in [4.69, 9.17) is 4.74 Å². The number of carbonyl (C=O) groups is 1. The van der Waals surface area contributed by atoms with Crippen molar-refractivity contribution >= 4 is 17.7 Å². The monoisotopic (exact) mass is 516 g/mol. The first-order chi connectivity index (χ1) is 17.5. The van der Waals surface area contributed by atoms with E-state index in [1.165, 1.54) is 15.7 Å². The van der Waals surface area contributed by atoms with Crippen LogP contribution in [0.5, 0.6) is 0 Å². The summed E-state index contributed by atoms with van der Waals surface area (Å²) in [6, 6.07) is 8.21. The molecule has 2 N–H and O–H groups in total. The van der Waals surface area contributed by atoms with Crippen molar-refractivity contribution in [1.82, 2.24) is 19.5 Å². The molecule has 3 aromatic rings. The topological polar surface area (TPSA) is 122 Å². The van der Waals surface area contributed by atoms with Gasteiger partial charge in [0.2, 0.25) is 5.95 Å². The number of amides is 1. The molecule has 2 aliphatic rings. The first-order valence-corrected chi connectivity index (χ1v) is 11.5. The second-order valence-corrected chi connectivity index (χ2v) is 9.01. The highest BCUT2D eigenvalue weighted by Gasteiger charge is 2.64. The summed E-state index contributed by atoms with van der Waals surface area (Å²) in [7, 11) is 0. The fraction of sp³-hybridized carbons (Fsp3) is 0.375. The van der Waals surface area contributed by atoms with Gasteiger partial charge in [0, 0.05) is 23.5 Å². The summed E-state index contributed by atoms with van der Waals surface area (Å²) in [6.07, 6.45) is -4.14. The SMILES string of the molecule is CC[C@@]12CN(c3nccc(C(F)(F)F)n3)[C@@H]([C@H](n3cc(C)c(NC(=O)c4ccccc4)nc3=O)O1)[C@@H]2O. The molecule has 2 fully saturated rings. The molecule has 0 aliphatic carbocycles. The van der Waals surface area contributed by atoms with Crippen molar-refractivity contribution in [1.29, 1.82) is 0 Å². The number of aromatic nitrogens is 4. The highest BCUT2D eigenvalue weighted by Crippen LogP contribution is 2.49. The fourth-order valence-electron chi connectivity index (χ4n) is 4.81. The summed E-state index contributed by atoms with van der Waals surface area (Å²) in [5.41, 5.74) is -2.22. The lowest BCUT2D eigenvalue weighted by atomic mass is 9.96. The number of aliphatic hydroxyl groups excluding tert-OH is 1. The third-order valence-electron chi connectivity index (χ3n) is 6.77.